The van der Waals surface area contributed by atoms with Gasteiger partial charge in [0.25, 0.3) is 0 Å². The van der Waals surface area contributed by atoms with E-state index in [1.54, 1.807) is 6.92 Å². The highest BCUT2D eigenvalue weighted by molar-refractivity contribution is 5.73. The zero-order valence-electron chi connectivity index (χ0n) is 7.63. The molecule has 0 rings (SSSR count). The van der Waals surface area contributed by atoms with Crippen molar-refractivity contribution in [3.05, 3.63) is 0 Å². The van der Waals surface area contributed by atoms with Crippen LogP contribution in [0.4, 0.5) is 13.2 Å². The maximum Gasteiger partial charge on any atom is 0.490 e. The summed E-state index contributed by atoms with van der Waals surface area (Å²) in [5, 5.41) is 15.3. The van der Waals surface area contributed by atoms with Crippen molar-refractivity contribution in [1.82, 2.24) is 0 Å². The van der Waals surface area contributed by atoms with Crippen LogP contribution in [-0.4, -0.2) is 28.3 Å². The van der Waals surface area contributed by atoms with E-state index in [1.165, 1.54) is 0 Å². The molecule has 1 unspecified atom stereocenters. The monoisotopic (exact) mass is 216 g/mol. The topological polar surface area (TPSA) is 74.6 Å². The predicted octanol–water partition coefficient (Wildman–Crippen LogP) is 1.75. The van der Waals surface area contributed by atoms with Gasteiger partial charge in [-0.2, -0.15) is 13.2 Å². The average molecular weight is 216 g/mol. The van der Waals surface area contributed by atoms with Crippen LogP contribution < -0.4 is 0 Å². The van der Waals surface area contributed by atoms with Gasteiger partial charge < -0.3 is 10.2 Å². The zero-order chi connectivity index (χ0) is 11.9. The molecule has 0 radical (unpaired) electrons. The number of aliphatic carboxylic acids is 2. The normalized spacial score (nSPS) is 12.4. The molecule has 0 heterocycles. The van der Waals surface area contributed by atoms with Gasteiger partial charge in [-0.05, 0) is 6.42 Å². The third-order valence-electron chi connectivity index (χ3n) is 1.28. The van der Waals surface area contributed by atoms with Gasteiger partial charge in [0.2, 0.25) is 0 Å². The summed E-state index contributed by atoms with van der Waals surface area (Å²) in [7, 11) is 0. The van der Waals surface area contributed by atoms with Crippen molar-refractivity contribution >= 4 is 11.9 Å². The van der Waals surface area contributed by atoms with E-state index >= 15 is 0 Å². The molecule has 2 N–H and O–H groups in total. The number of rotatable bonds is 2. The summed E-state index contributed by atoms with van der Waals surface area (Å²) < 4.78 is 31.7. The van der Waals surface area contributed by atoms with Gasteiger partial charge in [-0.15, -0.1) is 0 Å². The fourth-order valence-corrected chi connectivity index (χ4v) is 0.175. The minimum Gasteiger partial charge on any atom is -0.481 e. The Morgan fingerprint density at radius 1 is 1.29 bits per heavy atom. The van der Waals surface area contributed by atoms with Gasteiger partial charge in [-0.3, -0.25) is 4.79 Å². The minimum atomic E-state index is -5.08. The number of carboxylic acids is 2. The molecule has 7 heteroatoms. The first kappa shape index (κ1) is 15.2. The molecule has 84 valence electrons. The van der Waals surface area contributed by atoms with E-state index in [0.717, 1.165) is 6.42 Å². The molecule has 0 spiro atoms. The molecule has 0 aromatic heterocycles. The van der Waals surface area contributed by atoms with E-state index in [4.69, 9.17) is 15.0 Å². The Balaban J connectivity index is 0. The maximum absolute atomic E-state index is 10.6. The van der Waals surface area contributed by atoms with E-state index in [1.807, 2.05) is 6.92 Å². The highest BCUT2D eigenvalue weighted by Gasteiger charge is 2.38. The summed E-state index contributed by atoms with van der Waals surface area (Å²) in [6.45, 7) is 3.56. The quantitative estimate of drug-likeness (QED) is 0.737. The average Bonchev–Trinajstić information content (AvgIpc) is 2.02. The van der Waals surface area contributed by atoms with E-state index in [0.29, 0.717) is 0 Å². The van der Waals surface area contributed by atoms with Gasteiger partial charge in [0.05, 0.1) is 5.92 Å². The second-order valence-electron chi connectivity index (χ2n) is 2.45. The Morgan fingerprint density at radius 3 is 1.57 bits per heavy atom. The molecule has 0 aromatic rings. The third-order valence-corrected chi connectivity index (χ3v) is 1.28. The van der Waals surface area contributed by atoms with Crippen LogP contribution in [0.1, 0.15) is 20.3 Å². The highest BCUT2D eigenvalue weighted by Crippen LogP contribution is 2.13. The molecule has 0 bridgehead atoms. The fraction of sp³-hybridized carbons (Fsp3) is 0.714. The Bertz CT molecular complexity index is 200. The summed E-state index contributed by atoms with van der Waals surface area (Å²) in [6, 6.07) is 0. The molecule has 0 fully saturated rings. The van der Waals surface area contributed by atoms with Crippen molar-refractivity contribution in [2.45, 2.75) is 26.4 Å². The molecule has 0 aliphatic carbocycles. The predicted molar refractivity (Wildman–Crippen MR) is 40.8 cm³/mol. The molecule has 0 aromatic carbocycles. The van der Waals surface area contributed by atoms with Gasteiger partial charge in [0.15, 0.2) is 0 Å². The molecule has 14 heavy (non-hydrogen) atoms. The van der Waals surface area contributed by atoms with Crippen molar-refractivity contribution in [3.8, 4) is 0 Å². The molecule has 0 saturated heterocycles. The zero-order valence-corrected chi connectivity index (χ0v) is 7.63. The van der Waals surface area contributed by atoms with Crippen LogP contribution in [0, 0.1) is 5.92 Å². The number of halogens is 3. The number of hydrogen-bond acceptors (Lipinski definition) is 2. The number of alkyl halides is 3. The van der Waals surface area contributed by atoms with Gasteiger partial charge in [0, 0.05) is 0 Å². The van der Waals surface area contributed by atoms with Gasteiger partial charge in [0.1, 0.15) is 0 Å². The smallest absolute Gasteiger partial charge is 0.481 e. The second kappa shape index (κ2) is 6.22. The largest absolute Gasteiger partial charge is 0.490 e. The van der Waals surface area contributed by atoms with Gasteiger partial charge >= 0.3 is 18.1 Å². The van der Waals surface area contributed by atoms with Crippen LogP contribution in [0.5, 0.6) is 0 Å². The van der Waals surface area contributed by atoms with E-state index in [-0.39, 0.29) is 5.92 Å². The van der Waals surface area contributed by atoms with E-state index in [9.17, 15) is 18.0 Å². The summed E-state index contributed by atoms with van der Waals surface area (Å²) in [4.78, 5) is 18.8. The van der Waals surface area contributed by atoms with Gasteiger partial charge in [-0.25, -0.2) is 4.79 Å². The lowest BCUT2D eigenvalue weighted by atomic mass is 10.1. The van der Waals surface area contributed by atoms with Crippen molar-refractivity contribution in [2.75, 3.05) is 0 Å². The molecular formula is C7H11F3O4. The van der Waals surface area contributed by atoms with Crippen molar-refractivity contribution in [3.63, 3.8) is 0 Å². The molecular weight excluding hydrogens is 205 g/mol. The third kappa shape index (κ3) is 8.82. The summed E-state index contributed by atoms with van der Waals surface area (Å²) >= 11 is 0. The first-order valence-electron chi connectivity index (χ1n) is 3.65. The van der Waals surface area contributed by atoms with Crippen LogP contribution in [0.15, 0.2) is 0 Å². The van der Waals surface area contributed by atoms with E-state index in [2.05, 4.69) is 0 Å². The summed E-state index contributed by atoms with van der Waals surface area (Å²) in [5.74, 6) is -3.64. The first-order valence-corrected chi connectivity index (χ1v) is 3.65. The molecule has 1 atom stereocenters. The van der Waals surface area contributed by atoms with Crippen molar-refractivity contribution < 1.29 is 33.0 Å². The highest BCUT2D eigenvalue weighted by atomic mass is 19.4. The van der Waals surface area contributed by atoms with Crippen molar-refractivity contribution in [1.29, 1.82) is 0 Å². The lowest BCUT2D eigenvalue weighted by Gasteiger charge is -1.96. The SMILES string of the molecule is CCC(C)C(=O)O.O=C(O)C(F)(F)F. The Kier molecular flexibility index (Phi) is 6.76. The van der Waals surface area contributed by atoms with Crippen LogP contribution in [-0.2, 0) is 9.59 Å². The van der Waals surface area contributed by atoms with E-state index < -0.39 is 18.1 Å². The van der Waals surface area contributed by atoms with Gasteiger partial charge in [-0.1, -0.05) is 13.8 Å². The minimum absolute atomic E-state index is 0.181. The maximum atomic E-state index is 10.6. The molecule has 0 saturated carbocycles. The Hall–Kier alpha value is -1.27. The fourth-order valence-electron chi connectivity index (χ4n) is 0.175. The van der Waals surface area contributed by atoms with Crippen LogP contribution in [0.2, 0.25) is 0 Å². The summed E-state index contributed by atoms with van der Waals surface area (Å²) in [5.41, 5.74) is 0. The molecule has 0 aliphatic rings. The second-order valence-corrected chi connectivity index (χ2v) is 2.45. The first-order chi connectivity index (χ1) is 6.12. The van der Waals surface area contributed by atoms with Crippen LogP contribution in [0.25, 0.3) is 0 Å². The number of carbonyl (C=O) groups is 2. The Morgan fingerprint density at radius 2 is 1.57 bits per heavy atom. The Labute approximate surface area is 78.3 Å². The van der Waals surface area contributed by atoms with Crippen LogP contribution >= 0.6 is 0 Å². The molecule has 0 amide bonds. The lowest BCUT2D eigenvalue weighted by molar-refractivity contribution is -0.192. The van der Waals surface area contributed by atoms with Crippen molar-refractivity contribution in [2.24, 2.45) is 5.92 Å². The standard InChI is InChI=1S/C5H10O2.C2HF3O2/c1-3-4(2)5(6)7;3-2(4,5)1(6)7/h4H,3H2,1-2H3,(H,6,7);(H,6,7). The molecule has 0 aliphatic heterocycles. The lowest BCUT2D eigenvalue weighted by Crippen LogP contribution is -2.21. The van der Waals surface area contributed by atoms with Crippen LogP contribution in [0.3, 0.4) is 0 Å². The molecule has 4 nitrogen and oxygen atoms in total. The number of carboxylic acid groups (broad SMARTS) is 2. The number of hydrogen-bond donors (Lipinski definition) is 2. The summed E-state index contributed by atoms with van der Waals surface area (Å²) in [6.07, 6.45) is -4.37.